The van der Waals surface area contributed by atoms with E-state index >= 15 is 0 Å². The van der Waals surface area contributed by atoms with Crippen LogP contribution in [0, 0.1) is 0 Å². The van der Waals surface area contributed by atoms with Crippen LogP contribution in [0.5, 0.6) is 0 Å². The molecule has 0 saturated carbocycles. The molecule has 1 unspecified atom stereocenters. The predicted molar refractivity (Wildman–Crippen MR) is 42.2 cm³/mol. The molecule has 3 heteroatoms. The lowest BCUT2D eigenvalue weighted by Crippen LogP contribution is -2.50. The highest BCUT2D eigenvalue weighted by Crippen LogP contribution is 1.98. The van der Waals surface area contributed by atoms with E-state index in [1.54, 1.807) is 0 Å². The lowest BCUT2D eigenvalue weighted by molar-refractivity contribution is 0.196. The quantitative estimate of drug-likeness (QED) is 0.543. The van der Waals surface area contributed by atoms with Crippen molar-refractivity contribution >= 4 is 0 Å². The van der Waals surface area contributed by atoms with Crippen molar-refractivity contribution in [1.29, 1.82) is 0 Å². The molecule has 0 spiro atoms. The number of nitrogens with one attached hydrogen (secondary N) is 1. The first-order valence-corrected chi connectivity index (χ1v) is 3.82. The van der Waals surface area contributed by atoms with E-state index in [-0.39, 0.29) is 0 Å². The Morgan fingerprint density at radius 1 is 1.70 bits per heavy atom. The number of nitrogens with zero attached hydrogens (tertiary/aromatic N) is 2. The number of hydrogen-bond donors (Lipinski definition) is 1. The Kier molecular flexibility index (Phi) is 3.12. The lowest BCUT2D eigenvalue weighted by atomic mass is 10.2. The zero-order valence-electron chi connectivity index (χ0n) is 6.80. The molecular weight excluding hydrogens is 126 g/mol. The minimum Gasteiger partial charge on any atom is -0.318 e. The number of rotatable bonds is 2. The van der Waals surface area contributed by atoms with E-state index in [2.05, 4.69) is 22.6 Å². The molecule has 0 aliphatic carbocycles. The van der Waals surface area contributed by atoms with Gasteiger partial charge < -0.3 is 5.32 Å². The topological polar surface area (TPSA) is 29.4 Å². The highest BCUT2D eigenvalue weighted by molar-refractivity contribution is 4.77. The van der Waals surface area contributed by atoms with Crippen LogP contribution in [0.15, 0.2) is 0 Å². The second-order valence-electron chi connectivity index (χ2n) is 2.82. The molecule has 3 nitrogen and oxygen atoms in total. The average Bonchev–Trinajstić information content (AvgIpc) is 1.94. The van der Waals surface area contributed by atoms with Gasteiger partial charge in [-0.05, 0) is 14.1 Å². The van der Waals surface area contributed by atoms with Crippen LogP contribution in [0.2, 0.25) is 0 Å². The number of piperazine rings is 1. The first-order chi connectivity index (χ1) is 4.84. The molecular formula is C7H16N3. The predicted octanol–water partition coefficient (Wildman–Crippen LogP) is -0.876. The van der Waals surface area contributed by atoms with Crippen molar-refractivity contribution in [2.45, 2.75) is 6.04 Å². The van der Waals surface area contributed by atoms with Gasteiger partial charge in [0.2, 0.25) is 0 Å². The van der Waals surface area contributed by atoms with Crippen molar-refractivity contribution in [1.82, 2.24) is 15.5 Å². The van der Waals surface area contributed by atoms with Crippen molar-refractivity contribution in [3.05, 3.63) is 0 Å². The Labute approximate surface area is 62.8 Å². The molecule has 1 atom stereocenters. The summed E-state index contributed by atoms with van der Waals surface area (Å²) in [5.74, 6) is 0. The normalized spacial score (nSPS) is 28.8. The van der Waals surface area contributed by atoms with Gasteiger partial charge in [0.05, 0.1) is 0 Å². The number of likely N-dealkylation sites (N-methyl/N-ethyl adjacent to an activating group) is 2. The van der Waals surface area contributed by atoms with Crippen LogP contribution >= 0.6 is 0 Å². The first-order valence-electron chi connectivity index (χ1n) is 3.82. The zero-order chi connectivity index (χ0) is 7.40. The van der Waals surface area contributed by atoms with Gasteiger partial charge in [0.1, 0.15) is 0 Å². The summed E-state index contributed by atoms with van der Waals surface area (Å²) in [6.07, 6.45) is 0. The van der Waals surface area contributed by atoms with Crippen LogP contribution < -0.4 is 10.6 Å². The summed E-state index contributed by atoms with van der Waals surface area (Å²) >= 11 is 0. The maximum atomic E-state index is 4.35. The highest BCUT2D eigenvalue weighted by atomic mass is 15.2. The lowest BCUT2D eigenvalue weighted by Gasteiger charge is -2.31. The summed E-state index contributed by atoms with van der Waals surface area (Å²) in [5.41, 5.74) is 0. The standard InChI is InChI=1S/C7H16N3/c1-8-5-7-6-9-3-4-10(7)2/h7-8H,3-6H2,1-2H3. The molecule has 1 aliphatic heterocycles. The van der Waals surface area contributed by atoms with E-state index in [9.17, 15) is 0 Å². The van der Waals surface area contributed by atoms with Crippen LogP contribution in [-0.2, 0) is 0 Å². The van der Waals surface area contributed by atoms with Gasteiger partial charge in [0.25, 0.3) is 0 Å². The molecule has 0 aromatic rings. The minimum absolute atomic E-state index is 0.624. The van der Waals surface area contributed by atoms with Gasteiger partial charge in [0, 0.05) is 32.2 Å². The fourth-order valence-corrected chi connectivity index (χ4v) is 1.25. The monoisotopic (exact) mass is 142 g/mol. The summed E-state index contributed by atoms with van der Waals surface area (Å²) < 4.78 is 0. The molecule has 1 heterocycles. The molecule has 59 valence electrons. The third-order valence-corrected chi connectivity index (χ3v) is 2.01. The molecule has 1 radical (unpaired) electrons. The fraction of sp³-hybridized carbons (Fsp3) is 1.00. The van der Waals surface area contributed by atoms with E-state index in [1.165, 1.54) is 0 Å². The van der Waals surface area contributed by atoms with Gasteiger partial charge in [-0.25, -0.2) is 5.32 Å². The SMILES string of the molecule is CNCC1C[N]CCN1C. The molecule has 0 amide bonds. The number of hydrogen-bond acceptors (Lipinski definition) is 2. The van der Waals surface area contributed by atoms with Gasteiger partial charge in [-0.1, -0.05) is 0 Å². The van der Waals surface area contributed by atoms with Crippen molar-refractivity contribution in [3.63, 3.8) is 0 Å². The maximum absolute atomic E-state index is 4.35. The second kappa shape index (κ2) is 3.91. The van der Waals surface area contributed by atoms with Crippen LogP contribution in [0.3, 0.4) is 0 Å². The smallest absolute Gasteiger partial charge is 0.0359 e. The molecule has 0 bridgehead atoms. The van der Waals surface area contributed by atoms with Crippen molar-refractivity contribution in [2.24, 2.45) is 0 Å². The van der Waals surface area contributed by atoms with Crippen LogP contribution in [0.25, 0.3) is 0 Å². The molecule has 1 N–H and O–H groups in total. The fourth-order valence-electron chi connectivity index (χ4n) is 1.25. The van der Waals surface area contributed by atoms with E-state index in [1.807, 2.05) is 7.05 Å². The average molecular weight is 142 g/mol. The molecule has 0 aromatic heterocycles. The highest BCUT2D eigenvalue weighted by Gasteiger charge is 2.17. The van der Waals surface area contributed by atoms with Crippen molar-refractivity contribution < 1.29 is 0 Å². The Morgan fingerprint density at radius 3 is 3.10 bits per heavy atom. The van der Waals surface area contributed by atoms with E-state index in [0.29, 0.717) is 6.04 Å². The summed E-state index contributed by atoms with van der Waals surface area (Å²) in [4.78, 5) is 2.36. The summed E-state index contributed by atoms with van der Waals surface area (Å²) in [6.45, 7) is 4.18. The molecule has 0 aromatic carbocycles. The maximum Gasteiger partial charge on any atom is 0.0359 e. The van der Waals surface area contributed by atoms with Gasteiger partial charge >= 0.3 is 0 Å². The third-order valence-electron chi connectivity index (χ3n) is 2.01. The molecule has 1 fully saturated rings. The van der Waals surface area contributed by atoms with Gasteiger partial charge in [-0.15, -0.1) is 0 Å². The zero-order valence-corrected chi connectivity index (χ0v) is 6.80. The van der Waals surface area contributed by atoms with E-state index < -0.39 is 0 Å². The molecule has 1 saturated heterocycles. The van der Waals surface area contributed by atoms with Gasteiger partial charge in [-0.3, -0.25) is 4.90 Å². The van der Waals surface area contributed by atoms with Crippen LogP contribution in [-0.4, -0.2) is 51.2 Å². The summed E-state index contributed by atoms with van der Waals surface area (Å²) in [5, 5.41) is 7.51. The van der Waals surface area contributed by atoms with Gasteiger partial charge in [-0.2, -0.15) is 0 Å². The van der Waals surface area contributed by atoms with Crippen molar-refractivity contribution in [2.75, 3.05) is 40.3 Å². The van der Waals surface area contributed by atoms with Crippen molar-refractivity contribution in [3.8, 4) is 0 Å². The Hall–Kier alpha value is -0.120. The summed E-state index contributed by atoms with van der Waals surface area (Å²) in [7, 11) is 4.15. The van der Waals surface area contributed by atoms with E-state index in [0.717, 1.165) is 26.2 Å². The Bertz CT molecular complexity index is 92.9. The van der Waals surface area contributed by atoms with E-state index in [4.69, 9.17) is 0 Å². The Morgan fingerprint density at radius 2 is 2.50 bits per heavy atom. The van der Waals surface area contributed by atoms with Crippen LogP contribution in [0.4, 0.5) is 0 Å². The Balaban J connectivity index is 2.25. The molecule has 1 aliphatic rings. The molecule has 1 rings (SSSR count). The third kappa shape index (κ3) is 1.94. The second-order valence-corrected chi connectivity index (χ2v) is 2.82. The molecule has 10 heavy (non-hydrogen) atoms. The minimum atomic E-state index is 0.624. The largest absolute Gasteiger partial charge is 0.318 e. The first kappa shape index (κ1) is 7.98. The summed E-state index contributed by atoms with van der Waals surface area (Å²) in [6, 6.07) is 0.624. The van der Waals surface area contributed by atoms with Crippen LogP contribution in [0.1, 0.15) is 0 Å². The van der Waals surface area contributed by atoms with Gasteiger partial charge in [0.15, 0.2) is 0 Å².